The molecule has 1 aromatic rings. The molecule has 0 atom stereocenters. The predicted octanol–water partition coefficient (Wildman–Crippen LogP) is 2.47. The van der Waals surface area contributed by atoms with Crippen LogP contribution in [0.1, 0.15) is 11.1 Å². The average Bonchev–Trinajstić information content (AvgIpc) is 2.17. The highest BCUT2D eigenvalue weighted by atomic mass is 35.5. The van der Waals surface area contributed by atoms with E-state index in [1.807, 2.05) is 36.4 Å². The number of allylic oxidation sites excluding steroid dienone is 1. The van der Waals surface area contributed by atoms with E-state index in [4.69, 9.17) is 16.7 Å². The Labute approximate surface area is 83.7 Å². The lowest BCUT2D eigenvalue weighted by molar-refractivity contribution is 0.299. The minimum Gasteiger partial charge on any atom is -0.396 e. The zero-order valence-corrected chi connectivity index (χ0v) is 8.17. The Morgan fingerprint density at radius 3 is 2.77 bits per heavy atom. The molecule has 0 aliphatic rings. The minimum absolute atomic E-state index is 0.186. The van der Waals surface area contributed by atoms with Crippen molar-refractivity contribution in [2.45, 2.75) is 6.42 Å². The Balaban J connectivity index is 2.84. The summed E-state index contributed by atoms with van der Waals surface area (Å²) in [5, 5.41) is 8.82. The van der Waals surface area contributed by atoms with Gasteiger partial charge < -0.3 is 5.11 Å². The van der Waals surface area contributed by atoms with Crippen LogP contribution in [0.2, 0.25) is 0 Å². The number of rotatable bonds is 4. The van der Waals surface area contributed by atoms with Gasteiger partial charge in [-0.3, -0.25) is 0 Å². The molecule has 0 unspecified atom stereocenters. The first kappa shape index (κ1) is 10.3. The van der Waals surface area contributed by atoms with Crippen molar-refractivity contribution in [1.82, 2.24) is 0 Å². The van der Waals surface area contributed by atoms with Gasteiger partial charge in [0.2, 0.25) is 0 Å². The van der Waals surface area contributed by atoms with Gasteiger partial charge in [-0.25, -0.2) is 0 Å². The van der Waals surface area contributed by atoms with Gasteiger partial charge >= 0.3 is 0 Å². The maximum Gasteiger partial charge on any atom is 0.0471 e. The van der Waals surface area contributed by atoms with Crippen LogP contribution in [-0.4, -0.2) is 17.6 Å². The lowest BCUT2D eigenvalue weighted by Gasteiger charge is -2.02. The molecule has 1 nitrogen and oxygen atoms in total. The van der Waals surface area contributed by atoms with Crippen LogP contribution in [0, 0.1) is 0 Å². The summed E-state index contributed by atoms with van der Waals surface area (Å²) in [4.78, 5) is 0. The number of aliphatic hydroxyl groups excluding tert-OH is 1. The van der Waals surface area contributed by atoms with Gasteiger partial charge in [0, 0.05) is 12.5 Å². The molecule has 0 radical (unpaired) electrons. The fourth-order valence-corrected chi connectivity index (χ4v) is 1.31. The molecule has 0 aliphatic carbocycles. The second-order valence-electron chi connectivity index (χ2n) is 2.73. The molecule has 0 aromatic heterocycles. The third kappa shape index (κ3) is 3.21. The maximum absolute atomic E-state index is 8.82. The van der Waals surface area contributed by atoms with E-state index in [1.54, 1.807) is 0 Å². The first-order chi connectivity index (χ1) is 6.38. The van der Waals surface area contributed by atoms with Gasteiger partial charge in [0.25, 0.3) is 0 Å². The summed E-state index contributed by atoms with van der Waals surface area (Å²) < 4.78 is 0. The molecule has 1 N–H and O–H groups in total. The van der Waals surface area contributed by atoms with Crippen molar-refractivity contribution in [1.29, 1.82) is 0 Å². The number of benzene rings is 1. The molecule has 0 spiro atoms. The van der Waals surface area contributed by atoms with Crippen molar-refractivity contribution in [3.8, 4) is 0 Å². The molecule has 1 rings (SSSR count). The van der Waals surface area contributed by atoms with Gasteiger partial charge in [0.05, 0.1) is 0 Å². The summed E-state index contributed by atoms with van der Waals surface area (Å²) in [5.74, 6) is 0.521. The molecule has 70 valence electrons. The van der Waals surface area contributed by atoms with E-state index in [0.717, 1.165) is 11.1 Å². The smallest absolute Gasteiger partial charge is 0.0471 e. The molecule has 1 aromatic carbocycles. The molecular formula is C11H13ClO. The van der Waals surface area contributed by atoms with Gasteiger partial charge in [-0.15, -0.1) is 11.6 Å². The minimum atomic E-state index is 0.186. The van der Waals surface area contributed by atoms with Crippen LogP contribution in [0.15, 0.2) is 30.3 Å². The molecule has 0 saturated carbocycles. The largest absolute Gasteiger partial charge is 0.396 e. The van der Waals surface area contributed by atoms with E-state index < -0.39 is 0 Å². The van der Waals surface area contributed by atoms with Crippen LogP contribution in [0.3, 0.4) is 0 Å². The average molecular weight is 197 g/mol. The molecule has 2 heteroatoms. The standard InChI is InChI=1S/C11H13ClO/c12-8-3-6-10-4-1-2-5-11(10)7-9-13/h1-6,13H,7-9H2. The van der Waals surface area contributed by atoms with E-state index in [1.165, 1.54) is 0 Å². The third-order valence-corrected chi connectivity index (χ3v) is 2.00. The van der Waals surface area contributed by atoms with Gasteiger partial charge in [-0.2, -0.15) is 0 Å². The number of aliphatic hydroxyl groups is 1. The highest BCUT2D eigenvalue weighted by molar-refractivity contribution is 6.19. The predicted molar refractivity (Wildman–Crippen MR) is 57.0 cm³/mol. The Bertz CT molecular complexity index is 281. The van der Waals surface area contributed by atoms with E-state index in [-0.39, 0.29) is 6.61 Å². The number of hydrogen-bond acceptors (Lipinski definition) is 1. The van der Waals surface area contributed by atoms with Crippen LogP contribution >= 0.6 is 11.6 Å². The molecule has 13 heavy (non-hydrogen) atoms. The monoisotopic (exact) mass is 196 g/mol. The molecular weight excluding hydrogens is 184 g/mol. The fraction of sp³-hybridized carbons (Fsp3) is 0.273. The van der Waals surface area contributed by atoms with Crippen LogP contribution in [0.5, 0.6) is 0 Å². The van der Waals surface area contributed by atoms with E-state index in [0.29, 0.717) is 12.3 Å². The van der Waals surface area contributed by atoms with Crippen molar-refractivity contribution in [3.05, 3.63) is 41.5 Å². The Morgan fingerprint density at radius 1 is 1.31 bits per heavy atom. The van der Waals surface area contributed by atoms with Crippen LogP contribution < -0.4 is 0 Å². The van der Waals surface area contributed by atoms with Crippen molar-refractivity contribution >= 4 is 17.7 Å². The van der Waals surface area contributed by atoms with Crippen LogP contribution in [-0.2, 0) is 6.42 Å². The van der Waals surface area contributed by atoms with E-state index in [2.05, 4.69) is 0 Å². The Kier molecular flexibility index (Phi) is 4.58. The summed E-state index contributed by atoms with van der Waals surface area (Å²) in [5.41, 5.74) is 2.29. The highest BCUT2D eigenvalue weighted by Crippen LogP contribution is 2.11. The quantitative estimate of drug-likeness (QED) is 0.734. The van der Waals surface area contributed by atoms with Crippen LogP contribution in [0.4, 0.5) is 0 Å². The summed E-state index contributed by atoms with van der Waals surface area (Å²) in [7, 11) is 0. The normalized spacial score (nSPS) is 10.9. The number of hydrogen-bond donors (Lipinski definition) is 1. The molecule has 0 aliphatic heterocycles. The molecule has 0 bridgehead atoms. The zero-order chi connectivity index (χ0) is 9.52. The van der Waals surface area contributed by atoms with Gasteiger partial charge in [-0.1, -0.05) is 36.4 Å². The topological polar surface area (TPSA) is 20.2 Å². The lowest BCUT2D eigenvalue weighted by atomic mass is 10.0. The number of alkyl halides is 1. The third-order valence-electron chi connectivity index (χ3n) is 1.82. The lowest BCUT2D eigenvalue weighted by Crippen LogP contribution is -1.93. The molecule has 0 saturated heterocycles. The SMILES string of the molecule is OCCc1ccccc1C=CCCl. The first-order valence-corrected chi connectivity index (χ1v) is 4.83. The van der Waals surface area contributed by atoms with Gasteiger partial charge in [0.1, 0.15) is 0 Å². The van der Waals surface area contributed by atoms with Crippen LogP contribution in [0.25, 0.3) is 6.08 Å². The summed E-state index contributed by atoms with van der Waals surface area (Å²) >= 11 is 5.54. The van der Waals surface area contributed by atoms with E-state index >= 15 is 0 Å². The van der Waals surface area contributed by atoms with Crippen molar-refractivity contribution in [2.24, 2.45) is 0 Å². The number of halogens is 1. The van der Waals surface area contributed by atoms with Crippen molar-refractivity contribution in [3.63, 3.8) is 0 Å². The van der Waals surface area contributed by atoms with Gasteiger partial charge in [0.15, 0.2) is 0 Å². The second-order valence-corrected chi connectivity index (χ2v) is 3.04. The Hall–Kier alpha value is -0.790. The molecule has 0 fully saturated rings. The van der Waals surface area contributed by atoms with Gasteiger partial charge in [-0.05, 0) is 17.5 Å². The second kappa shape index (κ2) is 5.79. The highest BCUT2D eigenvalue weighted by Gasteiger charge is 1.96. The molecule has 0 heterocycles. The van der Waals surface area contributed by atoms with Crippen molar-refractivity contribution in [2.75, 3.05) is 12.5 Å². The maximum atomic E-state index is 8.82. The zero-order valence-electron chi connectivity index (χ0n) is 7.41. The summed E-state index contributed by atoms with van der Waals surface area (Å²) in [6.45, 7) is 0.186. The first-order valence-electron chi connectivity index (χ1n) is 4.29. The molecule has 0 amide bonds. The van der Waals surface area contributed by atoms with Crippen molar-refractivity contribution < 1.29 is 5.11 Å². The summed E-state index contributed by atoms with van der Waals surface area (Å²) in [6.07, 6.45) is 4.58. The van der Waals surface area contributed by atoms with E-state index in [9.17, 15) is 0 Å². The summed E-state index contributed by atoms with van der Waals surface area (Å²) in [6, 6.07) is 8.00. The Morgan fingerprint density at radius 2 is 2.08 bits per heavy atom. The fourth-order valence-electron chi connectivity index (χ4n) is 1.22.